The van der Waals surface area contributed by atoms with E-state index in [1.54, 1.807) is 24.3 Å². The maximum atomic E-state index is 11.5. The lowest BCUT2D eigenvalue weighted by molar-refractivity contribution is 0.0694. The minimum absolute atomic E-state index is 0.0187. The molecule has 0 bridgehead atoms. The summed E-state index contributed by atoms with van der Waals surface area (Å²) in [7, 11) is -3.17. The highest BCUT2D eigenvalue weighted by atomic mass is 32.2. The van der Waals surface area contributed by atoms with Gasteiger partial charge in [-0.15, -0.1) is 10.2 Å². The quantitative estimate of drug-likeness (QED) is 0.417. The summed E-state index contributed by atoms with van der Waals surface area (Å²) in [4.78, 5) is 11.1. The maximum absolute atomic E-state index is 11.5. The molecule has 0 aromatic heterocycles. The SMILES string of the molecule is COc1cc(S(=O)(=O)O)c(C)cc1N=Nc1c(O)c(C(=O)O)cc2ccccc12. The molecule has 150 valence electrons. The van der Waals surface area contributed by atoms with Crippen LogP contribution in [0.1, 0.15) is 15.9 Å². The fraction of sp³-hybridized carbons (Fsp3) is 0.105. The fourth-order valence-corrected chi connectivity index (χ4v) is 3.58. The van der Waals surface area contributed by atoms with Crippen LogP contribution in [0.3, 0.4) is 0 Å². The Bertz CT molecular complexity index is 1270. The van der Waals surface area contributed by atoms with E-state index in [1.807, 2.05) is 0 Å². The number of hydrogen-bond acceptors (Lipinski definition) is 7. The Morgan fingerprint density at radius 1 is 1.10 bits per heavy atom. The predicted octanol–water partition coefficient (Wildman–Crippen LogP) is 4.22. The number of ether oxygens (including phenoxy) is 1. The number of carbonyl (C=O) groups is 1. The first-order valence-electron chi connectivity index (χ1n) is 8.19. The van der Waals surface area contributed by atoms with Crippen molar-refractivity contribution in [1.29, 1.82) is 0 Å². The van der Waals surface area contributed by atoms with Crippen LogP contribution >= 0.6 is 0 Å². The van der Waals surface area contributed by atoms with Crippen molar-refractivity contribution in [3.05, 3.63) is 53.6 Å². The smallest absolute Gasteiger partial charge is 0.339 e. The molecule has 3 N–H and O–H groups in total. The van der Waals surface area contributed by atoms with E-state index in [2.05, 4.69) is 10.2 Å². The van der Waals surface area contributed by atoms with Crippen LogP contribution in [-0.4, -0.2) is 36.3 Å². The van der Waals surface area contributed by atoms with Crippen molar-refractivity contribution in [1.82, 2.24) is 0 Å². The van der Waals surface area contributed by atoms with Gasteiger partial charge in [-0.1, -0.05) is 24.3 Å². The Morgan fingerprint density at radius 2 is 1.79 bits per heavy atom. The van der Waals surface area contributed by atoms with E-state index in [9.17, 15) is 28.0 Å². The van der Waals surface area contributed by atoms with Crippen molar-refractivity contribution < 1.29 is 32.7 Å². The molecule has 0 aliphatic carbocycles. The summed E-state index contributed by atoms with van der Waals surface area (Å²) in [5.74, 6) is -1.86. The van der Waals surface area contributed by atoms with Gasteiger partial charge in [-0.3, -0.25) is 4.55 Å². The average molecular weight is 416 g/mol. The van der Waals surface area contributed by atoms with Crippen LogP contribution in [0, 0.1) is 6.92 Å². The van der Waals surface area contributed by atoms with Gasteiger partial charge < -0.3 is 14.9 Å². The third-order valence-electron chi connectivity index (χ3n) is 4.24. The summed E-state index contributed by atoms with van der Waals surface area (Å²) in [5, 5.41) is 28.8. The first kappa shape index (κ1) is 20.2. The zero-order chi connectivity index (χ0) is 21.3. The summed E-state index contributed by atoms with van der Waals surface area (Å²) in [6, 6.07) is 10.5. The van der Waals surface area contributed by atoms with Crippen molar-refractivity contribution >= 4 is 38.2 Å². The Hall–Kier alpha value is -3.50. The predicted molar refractivity (Wildman–Crippen MR) is 104 cm³/mol. The number of nitrogens with zero attached hydrogens (tertiary/aromatic N) is 2. The van der Waals surface area contributed by atoms with E-state index in [0.717, 1.165) is 6.07 Å². The van der Waals surface area contributed by atoms with Gasteiger partial charge in [0.25, 0.3) is 10.1 Å². The first-order valence-corrected chi connectivity index (χ1v) is 9.63. The van der Waals surface area contributed by atoms with E-state index in [1.165, 1.54) is 26.2 Å². The van der Waals surface area contributed by atoms with Gasteiger partial charge in [0.1, 0.15) is 27.6 Å². The summed E-state index contributed by atoms with van der Waals surface area (Å²) in [6.07, 6.45) is 0. The Kier molecular flexibility index (Phi) is 5.23. The molecule has 0 saturated carbocycles. The number of aryl methyl sites for hydroxylation is 1. The molecule has 9 nitrogen and oxygen atoms in total. The molecular formula is C19H16N2O7S. The van der Waals surface area contributed by atoms with Crippen LogP contribution in [0.15, 0.2) is 57.6 Å². The number of hydrogen-bond donors (Lipinski definition) is 3. The van der Waals surface area contributed by atoms with Crippen LogP contribution in [-0.2, 0) is 10.1 Å². The van der Waals surface area contributed by atoms with Crippen LogP contribution < -0.4 is 4.74 Å². The highest BCUT2D eigenvalue weighted by molar-refractivity contribution is 7.85. The van der Waals surface area contributed by atoms with Gasteiger partial charge in [-0.05, 0) is 30.0 Å². The van der Waals surface area contributed by atoms with Crippen molar-refractivity contribution in [3.8, 4) is 11.5 Å². The highest BCUT2D eigenvalue weighted by Crippen LogP contribution is 2.40. The van der Waals surface area contributed by atoms with E-state index < -0.39 is 21.8 Å². The first-order chi connectivity index (χ1) is 13.6. The summed E-state index contributed by atoms with van der Waals surface area (Å²) in [6.45, 7) is 1.46. The number of azo groups is 1. The van der Waals surface area contributed by atoms with Crippen molar-refractivity contribution in [2.75, 3.05) is 7.11 Å². The normalized spacial score (nSPS) is 11.8. The van der Waals surface area contributed by atoms with Crippen LogP contribution in [0.2, 0.25) is 0 Å². The van der Waals surface area contributed by atoms with E-state index >= 15 is 0 Å². The van der Waals surface area contributed by atoms with Gasteiger partial charge in [-0.2, -0.15) is 8.42 Å². The van der Waals surface area contributed by atoms with Crippen LogP contribution in [0.5, 0.6) is 11.5 Å². The second kappa shape index (κ2) is 7.49. The monoisotopic (exact) mass is 416 g/mol. The summed E-state index contributed by atoms with van der Waals surface area (Å²) < 4.78 is 37.3. The summed E-state index contributed by atoms with van der Waals surface area (Å²) >= 11 is 0. The maximum Gasteiger partial charge on any atom is 0.339 e. The van der Waals surface area contributed by atoms with E-state index in [-0.39, 0.29) is 33.1 Å². The number of aromatic hydroxyl groups is 1. The third-order valence-corrected chi connectivity index (χ3v) is 5.23. The number of aromatic carboxylic acids is 1. The molecule has 0 aliphatic rings. The number of fused-ring (bicyclic) bond motifs is 1. The zero-order valence-corrected chi connectivity index (χ0v) is 16.1. The Labute approximate surface area is 165 Å². The average Bonchev–Trinajstić information content (AvgIpc) is 2.65. The van der Waals surface area contributed by atoms with Crippen LogP contribution in [0.4, 0.5) is 11.4 Å². The molecule has 3 aromatic carbocycles. The van der Waals surface area contributed by atoms with Gasteiger partial charge in [0.05, 0.1) is 7.11 Å². The van der Waals surface area contributed by atoms with Crippen molar-refractivity contribution in [3.63, 3.8) is 0 Å². The molecule has 0 atom stereocenters. The molecular weight excluding hydrogens is 400 g/mol. The van der Waals surface area contributed by atoms with Gasteiger partial charge >= 0.3 is 5.97 Å². The second-order valence-electron chi connectivity index (χ2n) is 6.11. The number of carboxylic acid groups (broad SMARTS) is 1. The van der Waals surface area contributed by atoms with Gasteiger partial charge in [0.2, 0.25) is 0 Å². The minimum Gasteiger partial charge on any atom is -0.505 e. The van der Waals surface area contributed by atoms with Gasteiger partial charge in [0, 0.05) is 11.5 Å². The largest absolute Gasteiger partial charge is 0.505 e. The molecule has 3 rings (SSSR count). The number of rotatable bonds is 5. The molecule has 0 heterocycles. The molecule has 0 unspecified atom stereocenters. The lowest BCUT2D eigenvalue weighted by Gasteiger charge is -2.10. The van der Waals surface area contributed by atoms with Crippen LogP contribution in [0.25, 0.3) is 10.8 Å². The molecule has 29 heavy (non-hydrogen) atoms. The number of phenols is 1. The van der Waals surface area contributed by atoms with E-state index in [0.29, 0.717) is 10.8 Å². The number of benzene rings is 3. The minimum atomic E-state index is -4.46. The molecule has 10 heteroatoms. The molecule has 3 aromatic rings. The highest BCUT2D eigenvalue weighted by Gasteiger charge is 2.19. The molecule has 0 spiro atoms. The Balaban J connectivity index is 2.21. The van der Waals surface area contributed by atoms with Gasteiger partial charge in [0.15, 0.2) is 5.75 Å². The summed E-state index contributed by atoms with van der Waals surface area (Å²) in [5.41, 5.74) is -0.0567. The Morgan fingerprint density at radius 3 is 2.41 bits per heavy atom. The topological polar surface area (TPSA) is 146 Å². The molecule has 0 amide bonds. The van der Waals surface area contributed by atoms with Crippen molar-refractivity contribution in [2.24, 2.45) is 10.2 Å². The third kappa shape index (κ3) is 3.89. The zero-order valence-electron chi connectivity index (χ0n) is 15.3. The molecule has 0 radical (unpaired) electrons. The van der Waals surface area contributed by atoms with Gasteiger partial charge in [-0.25, -0.2) is 4.79 Å². The second-order valence-corrected chi connectivity index (χ2v) is 7.50. The number of carboxylic acids is 1. The van der Waals surface area contributed by atoms with E-state index in [4.69, 9.17) is 4.74 Å². The molecule has 0 saturated heterocycles. The lowest BCUT2D eigenvalue weighted by atomic mass is 10.0. The molecule has 0 fully saturated rings. The fourth-order valence-electron chi connectivity index (χ4n) is 2.86. The lowest BCUT2D eigenvalue weighted by Crippen LogP contribution is -2.01. The standard InChI is InChI=1S/C19H16N2O7S/c1-10-7-14(15(28-2)9-16(10)29(25,26)27)20-21-17-12-6-4-3-5-11(12)8-13(18(17)22)19(23)24/h3-9,22H,1-2H3,(H,23,24)(H,25,26,27). The van der Waals surface area contributed by atoms with Crippen molar-refractivity contribution in [2.45, 2.75) is 11.8 Å². The molecule has 0 aliphatic heterocycles. The number of methoxy groups -OCH3 is 1.